The van der Waals surface area contributed by atoms with E-state index in [0.717, 1.165) is 24.3 Å². The molecule has 2 saturated heterocycles. The molecule has 0 spiro atoms. The highest BCUT2D eigenvalue weighted by molar-refractivity contribution is 5.78. The molecule has 0 aromatic carbocycles. The van der Waals surface area contributed by atoms with Crippen molar-refractivity contribution in [2.45, 2.75) is 38.7 Å². The second-order valence-corrected chi connectivity index (χ2v) is 6.62. The predicted octanol–water partition coefficient (Wildman–Crippen LogP) is 2.17. The van der Waals surface area contributed by atoms with E-state index in [-0.39, 0.29) is 12.0 Å². The summed E-state index contributed by atoms with van der Waals surface area (Å²) in [6.45, 7) is 6.62. The van der Waals surface area contributed by atoms with Crippen LogP contribution in [0.5, 0.6) is 0 Å². The number of hydrogen-bond donors (Lipinski definition) is 0. The van der Waals surface area contributed by atoms with Gasteiger partial charge in [0, 0.05) is 18.4 Å². The summed E-state index contributed by atoms with van der Waals surface area (Å²) >= 11 is 0. The first-order valence-corrected chi connectivity index (χ1v) is 8.76. The third-order valence-corrected chi connectivity index (χ3v) is 4.77. The maximum Gasteiger partial charge on any atom is 0.236 e. The molecule has 1 amide bonds. The van der Waals surface area contributed by atoms with E-state index in [0.29, 0.717) is 26.2 Å². The Morgan fingerprint density at radius 3 is 2.78 bits per heavy atom. The zero-order chi connectivity index (χ0) is 16.1. The van der Waals surface area contributed by atoms with E-state index in [2.05, 4.69) is 9.88 Å². The molecule has 0 aliphatic carbocycles. The van der Waals surface area contributed by atoms with Crippen molar-refractivity contribution in [3.8, 4) is 0 Å². The van der Waals surface area contributed by atoms with Gasteiger partial charge in [-0.25, -0.2) is 0 Å². The van der Waals surface area contributed by atoms with Gasteiger partial charge in [0.15, 0.2) is 0 Å². The van der Waals surface area contributed by atoms with Crippen LogP contribution in [0.3, 0.4) is 0 Å². The third kappa shape index (κ3) is 4.52. The minimum atomic E-state index is -0.0291. The van der Waals surface area contributed by atoms with Crippen molar-refractivity contribution in [3.63, 3.8) is 0 Å². The lowest BCUT2D eigenvalue weighted by Gasteiger charge is -2.34. The number of ether oxygens (including phenoxy) is 1. The van der Waals surface area contributed by atoms with Gasteiger partial charge in [-0.15, -0.1) is 0 Å². The molecule has 2 aliphatic rings. The van der Waals surface area contributed by atoms with E-state index in [4.69, 9.17) is 4.74 Å². The Kier molecular flexibility index (Phi) is 5.62. The van der Waals surface area contributed by atoms with Gasteiger partial charge in [-0.2, -0.15) is 0 Å². The van der Waals surface area contributed by atoms with Crippen molar-refractivity contribution in [1.29, 1.82) is 0 Å². The normalized spacial score (nSPS) is 23.5. The van der Waals surface area contributed by atoms with Crippen LogP contribution in [0.2, 0.25) is 0 Å². The molecule has 0 unspecified atom stereocenters. The average molecular weight is 317 g/mol. The molecule has 23 heavy (non-hydrogen) atoms. The first-order chi connectivity index (χ1) is 11.2. The number of carbonyl (C=O) groups excluding carboxylic acids is 1. The van der Waals surface area contributed by atoms with E-state index < -0.39 is 0 Å². The van der Waals surface area contributed by atoms with Crippen molar-refractivity contribution < 1.29 is 9.53 Å². The van der Waals surface area contributed by atoms with Gasteiger partial charge in [0.05, 0.1) is 19.7 Å². The molecule has 2 fully saturated rings. The number of morpholine rings is 1. The summed E-state index contributed by atoms with van der Waals surface area (Å²) in [6, 6.07) is 4.04. The van der Waals surface area contributed by atoms with Crippen LogP contribution < -0.4 is 0 Å². The summed E-state index contributed by atoms with van der Waals surface area (Å²) in [5.74, 6) is 0.242. The maximum atomic E-state index is 12.6. The van der Waals surface area contributed by atoms with Gasteiger partial charge in [0.1, 0.15) is 6.10 Å². The lowest BCUT2D eigenvalue weighted by molar-refractivity contribution is -0.140. The lowest BCUT2D eigenvalue weighted by atomic mass is 10.1. The van der Waals surface area contributed by atoms with Crippen LogP contribution in [0.1, 0.15) is 43.0 Å². The molecular weight excluding hydrogens is 290 g/mol. The molecule has 0 bridgehead atoms. The molecule has 1 aromatic rings. The first-order valence-electron chi connectivity index (χ1n) is 8.76. The Balaban J connectivity index is 1.58. The summed E-state index contributed by atoms with van der Waals surface area (Å²) in [7, 11) is 0. The van der Waals surface area contributed by atoms with Gasteiger partial charge in [0.25, 0.3) is 0 Å². The Bertz CT molecular complexity index is 527. The number of rotatable bonds is 3. The maximum absolute atomic E-state index is 12.6. The SMILES string of the molecule is Cc1cc([C@@H]2CN(C(=O)CN3CCCCCC3)CCO2)ccn1. The number of nitrogens with zero attached hydrogens (tertiary/aromatic N) is 3. The largest absolute Gasteiger partial charge is 0.370 e. The summed E-state index contributed by atoms with van der Waals surface area (Å²) in [5, 5.41) is 0. The number of hydrogen-bond acceptors (Lipinski definition) is 4. The second kappa shape index (κ2) is 7.88. The first kappa shape index (κ1) is 16.4. The fourth-order valence-corrected chi connectivity index (χ4v) is 3.43. The topological polar surface area (TPSA) is 45.7 Å². The van der Waals surface area contributed by atoms with Gasteiger partial charge in [0.2, 0.25) is 5.91 Å². The van der Waals surface area contributed by atoms with Gasteiger partial charge >= 0.3 is 0 Å². The highest BCUT2D eigenvalue weighted by Gasteiger charge is 2.26. The minimum absolute atomic E-state index is 0.0291. The molecule has 3 heterocycles. The van der Waals surface area contributed by atoms with Crippen LogP contribution in [-0.2, 0) is 9.53 Å². The van der Waals surface area contributed by atoms with E-state index >= 15 is 0 Å². The van der Waals surface area contributed by atoms with Gasteiger partial charge in [-0.1, -0.05) is 12.8 Å². The highest BCUT2D eigenvalue weighted by atomic mass is 16.5. The fraction of sp³-hybridized carbons (Fsp3) is 0.667. The molecular formula is C18H27N3O2. The summed E-state index contributed by atoms with van der Waals surface area (Å²) in [4.78, 5) is 21.2. The molecule has 0 radical (unpaired) electrons. The predicted molar refractivity (Wildman–Crippen MR) is 89.2 cm³/mol. The zero-order valence-electron chi connectivity index (χ0n) is 14.0. The van der Waals surface area contributed by atoms with E-state index in [1.54, 1.807) is 0 Å². The van der Waals surface area contributed by atoms with Gasteiger partial charge < -0.3 is 9.64 Å². The van der Waals surface area contributed by atoms with Crippen LogP contribution in [0, 0.1) is 6.92 Å². The van der Waals surface area contributed by atoms with Crippen molar-refractivity contribution >= 4 is 5.91 Å². The molecule has 5 nitrogen and oxygen atoms in total. The zero-order valence-corrected chi connectivity index (χ0v) is 14.0. The van der Waals surface area contributed by atoms with Crippen molar-refractivity contribution in [1.82, 2.24) is 14.8 Å². The minimum Gasteiger partial charge on any atom is -0.370 e. The van der Waals surface area contributed by atoms with Crippen molar-refractivity contribution in [3.05, 3.63) is 29.6 Å². The Hall–Kier alpha value is -1.46. The van der Waals surface area contributed by atoms with E-state index in [1.807, 2.05) is 30.2 Å². The molecule has 1 aromatic heterocycles. The van der Waals surface area contributed by atoms with Crippen LogP contribution in [0.25, 0.3) is 0 Å². The summed E-state index contributed by atoms with van der Waals surface area (Å²) in [6.07, 6.45) is 6.81. The molecule has 2 aliphatic heterocycles. The number of aromatic nitrogens is 1. The highest BCUT2D eigenvalue weighted by Crippen LogP contribution is 2.22. The Morgan fingerprint density at radius 2 is 2.04 bits per heavy atom. The van der Waals surface area contributed by atoms with Gasteiger partial charge in [-0.05, 0) is 50.6 Å². The lowest BCUT2D eigenvalue weighted by Crippen LogP contribution is -2.46. The number of carbonyl (C=O) groups is 1. The fourth-order valence-electron chi connectivity index (χ4n) is 3.43. The Labute approximate surface area is 138 Å². The van der Waals surface area contributed by atoms with Crippen LogP contribution in [0.15, 0.2) is 18.3 Å². The van der Waals surface area contributed by atoms with Crippen LogP contribution in [-0.4, -0.2) is 60.0 Å². The summed E-state index contributed by atoms with van der Waals surface area (Å²) in [5.41, 5.74) is 2.10. The smallest absolute Gasteiger partial charge is 0.236 e. The molecule has 1 atom stereocenters. The molecule has 0 N–H and O–H groups in total. The van der Waals surface area contributed by atoms with Gasteiger partial charge in [-0.3, -0.25) is 14.7 Å². The molecule has 3 rings (SSSR count). The quantitative estimate of drug-likeness (QED) is 0.857. The molecule has 126 valence electrons. The van der Waals surface area contributed by atoms with Crippen LogP contribution in [0.4, 0.5) is 0 Å². The molecule has 0 saturated carbocycles. The van der Waals surface area contributed by atoms with Crippen molar-refractivity contribution in [2.24, 2.45) is 0 Å². The van der Waals surface area contributed by atoms with E-state index in [1.165, 1.54) is 25.7 Å². The molecule has 5 heteroatoms. The average Bonchev–Trinajstić information content (AvgIpc) is 2.84. The standard InChI is InChI=1S/C18H27N3O2/c1-15-12-16(6-7-19-15)17-13-21(10-11-23-17)18(22)14-20-8-4-2-3-5-9-20/h6-7,12,17H,2-5,8-11,13-14H2,1H3/t17-/m0/s1. The monoisotopic (exact) mass is 317 g/mol. The van der Waals surface area contributed by atoms with Crippen LogP contribution >= 0.6 is 0 Å². The number of likely N-dealkylation sites (tertiary alicyclic amines) is 1. The van der Waals surface area contributed by atoms with E-state index in [9.17, 15) is 4.79 Å². The summed E-state index contributed by atoms with van der Waals surface area (Å²) < 4.78 is 5.87. The number of aryl methyl sites for hydroxylation is 1. The third-order valence-electron chi connectivity index (χ3n) is 4.77. The number of pyridine rings is 1. The Morgan fingerprint density at radius 1 is 1.26 bits per heavy atom. The van der Waals surface area contributed by atoms with Crippen molar-refractivity contribution in [2.75, 3.05) is 39.3 Å². The second-order valence-electron chi connectivity index (χ2n) is 6.62. The number of amides is 1.